The summed E-state index contributed by atoms with van der Waals surface area (Å²) in [5, 5.41) is 8.93. The third kappa shape index (κ3) is 3.33. The molecular formula is C15H18ClN3O2S. The number of nitrogens with zero attached hydrogens (tertiary/aromatic N) is 3. The van der Waals surface area contributed by atoms with Crippen molar-refractivity contribution in [3.8, 4) is 5.75 Å². The van der Waals surface area contributed by atoms with Crippen LogP contribution in [0.1, 0.15) is 36.0 Å². The highest BCUT2D eigenvalue weighted by Gasteiger charge is 2.29. The van der Waals surface area contributed by atoms with Gasteiger partial charge in [-0.2, -0.15) is 0 Å². The van der Waals surface area contributed by atoms with Crippen molar-refractivity contribution in [3.63, 3.8) is 0 Å². The summed E-state index contributed by atoms with van der Waals surface area (Å²) in [6.45, 7) is 0. The normalized spacial score (nSPS) is 15.8. The zero-order chi connectivity index (χ0) is 15.7. The van der Waals surface area contributed by atoms with E-state index in [2.05, 4.69) is 10.2 Å². The largest absolute Gasteiger partial charge is 0.495 e. The predicted octanol–water partition coefficient (Wildman–Crippen LogP) is 2.80. The quantitative estimate of drug-likeness (QED) is 0.812. The number of ether oxygens (including phenoxy) is 1. The van der Waals surface area contributed by atoms with E-state index >= 15 is 0 Å². The molecule has 0 N–H and O–H groups in total. The Bertz CT molecular complexity index is 713. The molecule has 0 aliphatic heterocycles. The molecule has 0 bridgehead atoms. The molecule has 2 aromatic rings. The molecule has 0 spiro atoms. The molecule has 5 nitrogen and oxygen atoms in total. The van der Waals surface area contributed by atoms with E-state index in [4.69, 9.17) is 16.3 Å². The fourth-order valence-electron chi connectivity index (χ4n) is 2.38. The summed E-state index contributed by atoms with van der Waals surface area (Å²) < 4.78 is 19.5. The number of rotatable bonds is 6. The summed E-state index contributed by atoms with van der Waals surface area (Å²) in [6.07, 6.45) is 2.36. The molecule has 1 heterocycles. The monoisotopic (exact) mass is 339 g/mol. The number of halogens is 1. The van der Waals surface area contributed by atoms with E-state index in [1.807, 2.05) is 17.7 Å². The van der Waals surface area contributed by atoms with Gasteiger partial charge in [-0.25, -0.2) is 0 Å². The Kier molecular flexibility index (Phi) is 4.49. The first-order chi connectivity index (χ1) is 10.6. The first kappa shape index (κ1) is 15.5. The van der Waals surface area contributed by atoms with Crippen LogP contribution in [-0.4, -0.2) is 26.1 Å². The molecule has 1 aromatic carbocycles. The van der Waals surface area contributed by atoms with Crippen LogP contribution in [-0.2, 0) is 29.4 Å². The molecule has 118 valence electrons. The van der Waals surface area contributed by atoms with Gasteiger partial charge in [-0.3, -0.25) is 4.21 Å². The van der Waals surface area contributed by atoms with Gasteiger partial charge in [-0.05, 0) is 30.5 Å². The van der Waals surface area contributed by atoms with Crippen LogP contribution >= 0.6 is 11.6 Å². The molecular weight excluding hydrogens is 322 g/mol. The molecule has 0 saturated heterocycles. The average molecular weight is 340 g/mol. The lowest BCUT2D eigenvalue weighted by Gasteiger charge is -2.07. The molecule has 1 fully saturated rings. The lowest BCUT2D eigenvalue weighted by molar-refractivity contribution is 0.415. The van der Waals surface area contributed by atoms with E-state index in [9.17, 15) is 4.21 Å². The second-order valence-electron chi connectivity index (χ2n) is 5.51. The lowest BCUT2D eigenvalue weighted by atomic mass is 10.2. The second-order valence-corrected chi connectivity index (χ2v) is 7.37. The van der Waals surface area contributed by atoms with Gasteiger partial charge >= 0.3 is 0 Å². The topological polar surface area (TPSA) is 57.0 Å². The molecule has 1 aliphatic rings. The van der Waals surface area contributed by atoms with E-state index in [1.165, 1.54) is 12.8 Å². The SMILES string of the molecule is COc1ccc(CS(=O)Cc2nnc(C3CC3)n2C)cc1Cl. The molecule has 1 saturated carbocycles. The second kappa shape index (κ2) is 6.38. The van der Waals surface area contributed by atoms with Crippen LogP contribution in [0.4, 0.5) is 0 Å². The van der Waals surface area contributed by atoms with Gasteiger partial charge in [0.05, 0.1) is 17.9 Å². The number of benzene rings is 1. The highest BCUT2D eigenvalue weighted by atomic mass is 35.5. The van der Waals surface area contributed by atoms with Gasteiger partial charge < -0.3 is 9.30 Å². The van der Waals surface area contributed by atoms with E-state index in [1.54, 1.807) is 19.2 Å². The molecule has 0 amide bonds. The standard InChI is InChI=1S/C15H18ClN3O2S/c1-19-14(17-18-15(19)11-4-5-11)9-22(20)8-10-3-6-13(21-2)12(16)7-10/h3,6-7,11H,4-5,8-9H2,1-2H3. The lowest BCUT2D eigenvalue weighted by Crippen LogP contribution is -2.06. The third-order valence-electron chi connectivity index (χ3n) is 3.78. The van der Waals surface area contributed by atoms with Crippen molar-refractivity contribution < 1.29 is 8.95 Å². The van der Waals surface area contributed by atoms with Crippen LogP contribution in [0.2, 0.25) is 5.02 Å². The molecule has 1 atom stereocenters. The average Bonchev–Trinajstić information content (AvgIpc) is 3.25. The van der Waals surface area contributed by atoms with Crippen LogP contribution in [0, 0.1) is 0 Å². The molecule has 3 rings (SSSR count). The van der Waals surface area contributed by atoms with E-state index in [0.29, 0.717) is 28.2 Å². The molecule has 7 heteroatoms. The van der Waals surface area contributed by atoms with Gasteiger partial charge in [0.2, 0.25) is 0 Å². The van der Waals surface area contributed by atoms with Crippen molar-refractivity contribution in [1.29, 1.82) is 0 Å². The van der Waals surface area contributed by atoms with Gasteiger partial charge in [0.1, 0.15) is 17.4 Å². The minimum atomic E-state index is -1.05. The first-order valence-electron chi connectivity index (χ1n) is 7.14. The van der Waals surface area contributed by atoms with Gasteiger partial charge in [0.15, 0.2) is 0 Å². The third-order valence-corrected chi connectivity index (χ3v) is 5.31. The highest BCUT2D eigenvalue weighted by Crippen LogP contribution is 2.38. The molecule has 1 unspecified atom stereocenters. The first-order valence-corrected chi connectivity index (χ1v) is 9.00. The fraction of sp³-hybridized carbons (Fsp3) is 0.467. The molecule has 22 heavy (non-hydrogen) atoms. The Morgan fingerprint density at radius 3 is 2.77 bits per heavy atom. The van der Waals surface area contributed by atoms with Crippen LogP contribution < -0.4 is 4.74 Å². The van der Waals surface area contributed by atoms with E-state index in [0.717, 1.165) is 17.2 Å². The summed E-state index contributed by atoms with van der Waals surface area (Å²) in [6, 6.07) is 5.47. The Morgan fingerprint density at radius 1 is 1.36 bits per heavy atom. The van der Waals surface area contributed by atoms with Crippen molar-refractivity contribution in [1.82, 2.24) is 14.8 Å². The van der Waals surface area contributed by atoms with Crippen LogP contribution in [0.3, 0.4) is 0 Å². The van der Waals surface area contributed by atoms with Crippen molar-refractivity contribution >= 4 is 22.4 Å². The van der Waals surface area contributed by atoms with E-state index < -0.39 is 10.8 Å². The zero-order valence-corrected chi connectivity index (χ0v) is 14.2. The molecule has 1 aromatic heterocycles. The fourth-order valence-corrected chi connectivity index (χ4v) is 3.85. The maximum absolute atomic E-state index is 12.4. The Morgan fingerprint density at radius 2 is 2.14 bits per heavy atom. The summed E-state index contributed by atoms with van der Waals surface area (Å²) in [7, 11) is 2.47. The zero-order valence-electron chi connectivity index (χ0n) is 12.6. The number of hydrogen-bond acceptors (Lipinski definition) is 4. The van der Waals surface area contributed by atoms with Crippen molar-refractivity contribution in [2.45, 2.75) is 30.3 Å². The molecule has 0 radical (unpaired) electrons. The van der Waals surface area contributed by atoms with Crippen molar-refractivity contribution in [2.24, 2.45) is 7.05 Å². The van der Waals surface area contributed by atoms with Gasteiger partial charge in [-0.15, -0.1) is 10.2 Å². The van der Waals surface area contributed by atoms with Crippen LogP contribution in [0.15, 0.2) is 18.2 Å². The Hall–Kier alpha value is -1.40. The predicted molar refractivity (Wildman–Crippen MR) is 86.5 cm³/mol. The summed E-state index contributed by atoms with van der Waals surface area (Å²) in [5.41, 5.74) is 0.925. The molecule has 1 aliphatic carbocycles. The smallest absolute Gasteiger partial charge is 0.145 e. The number of hydrogen-bond donors (Lipinski definition) is 0. The summed E-state index contributed by atoms with van der Waals surface area (Å²) >= 11 is 6.09. The van der Waals surface area contributed by atoms with Gasteiger partial charge in [-0.1, -0.05) is 17.7 Å². The minimum absolute atomic E-state index is 0.403. The maximum Gasteiger partial charge on any atom is 0.145 e. The van der Waals surface area contributed by atoms with Crippen LogP contribution in [0.5, 0.6) is 5.75 Å². The van der Waals surface area contributed by atoms with Crippen molar-refractivity contribution in [2.75, 3.05) is 7.11 Å². The Labute approximate surface area is 137 Å². The Balaban J connectivity index is 1.66. The van der Waals surface area contributed by atoms with Crippen LogP contribution in [0.25, 0.3) is 0 Å². The maximum atomic E-state index is 12.4. The number of aromatic nitrogens is 3. The highest BCUT2D eigenvalue weighted by molar-refractivity contribution is 7.83. The van der Waals surface area contributed by atoms with E-state index in [-0.39, 0.29) is 0 Å². The van der Waals surface area contributed by atoms with Gasteiger partial charge in [0, 0.05) is 29.5 Å². The number of methoxy groups -OCH3 is 1. The van der Waals surface area contributed by atoms with Crippen molar-refractivity contribution in [3.05, 3.63) is 40.4 Å². The van der Waals surface area contributed by atoms with Gasteiger partial charge in [0.25, 0.3) is 0 Å². The minimum Gasteiger partial charge on any atom is -0.495 e. The summed E-state index contributed by atoms with van der Waals surface area (Å²) in [5.74, 6) is 3.80. The summed E-state index contributed by atoms with van der Waals surface area (Å²) in [4.78, 5) is 0.